The maximum Gasteiger partial charge on any atom is 0.0159 e. The van der Waals surface area contributed by atoms with E-state index >= 15 is 0 Å². The lowest BCUT2D eigenvalue weighted by molar-refractivity contribution is 0.591. The van der Waals surface area contributed by atoms with Crippen molar-refractivity contribution in [1.29, 1.82) is 0 Å². The van der Waals surface area contributed by atoms with Gasteiger partial charge < -0.3 is 0 Å². The molecule has 2 aliphatic rings. The number of rotatable bonds is 5. The van der Waals surface area contributed by atoms with Gasteiger partial charge in [-0.15, -0.1) is 0 Å². The van der Waals surface area contributed by atoms with Crippen molar-refractivity contribution in [2.24, 2.45) is 0 Å². The zero-order valence-electron chi connectivity index (χ0n) is 48.8. The molecular weight excluding hydrogens is 985 g/mol. The van der Waals surface area contributed by atoms with Crippen LogP contribution in [0.25, 0.3) is 143 Å². The Bertz CT molecular complexity index is 4680. The molecule has 14 aromatic rings. The molecule has 0 atom stereocenters. The zero-order chi connectivity index (χ0) is 55.9. The van der Waals surface area contributed by atoms with E-state index in [0.717, 1.165) is 0 Å². The predicted octanol–water partition coefficient (Wildman–Crippen LogP) is 23.0. The van der Waals surface area contributed by atoms with Crippen molar-refractivity contribution in [3.63, 3.8) is 0 Å². The Hall–Kier alpha value is -8.84. The summed E-state index contributed by atoms with van der Waals surface area (Å²) in [6, 6.07) is 84.8. The Morgan fingerprint density at radius 3 is 0.866 bits per heavy atom. The number of hydrogen-bond acceptors (Lipinski definition) is 0. The van der Waals surface area contributed by atoms with Gasteiger partial charge in [-0.25, -0.2) is 0 Å². The highest BCUT2D eigenvalue weighted by Gasteiger charge is 2.38. The van der Waals surface area contributed by atoms with Crippen molar-refractivity contribution in [2.45, 2.75) is 90.9 Å². The van der Waals surface area contributed by atoms with Gasteiger partial charge in [-0.1, -0.05) is 263 Å². The minimum atomic E-state index is -0.197. The minimum absolute atomic E-state index is 0.0761. The topological polar surface area (TPSA) is 0 Å². The maximum absolute atomic E-state index is 2.49. The highest BCUT2D eigenvalue weighted by atomic mass is 14.4. The molecule has 2 aliphatic carbocycles. The van der Waals surface area contributed by atoms with Crippen LogP contribution >= 0.6 is 0 Å². The van der Waals surface area contributed by atoms with Crippen LogP contribution in [0.1, 0.15) is 103 Å². The van der Waals surface area contributed by atoms with Crippen molar-refractivity contribution in [3.05, 3.63) is 252 Å². The van der Waals surface area contributed by atoms with Gasteiger partial charge in [0.2, 0.25) is 0 Å². The first-order valence-electron chi connectivity index (χ1n) is 29.6. The highest BCUT2D eigenvalue weighted by Crippen LogP contribution is 2.55. The standard InChI is InChI=1S/C82H66/c1-79(2,3)57-39-53-21-19-47-23-31-63(69-37-29-55(41-57)75(53)77(47)69)61-17-13-11-15-59(61)51-27-35-67-65-33-25-49(43-71(65)81(7,8)73(67)45-51)50-26-34-66-68-36-28-52(46-74(68)82(9,10)72(66)44-50)60-16-12-14-18-62(60)64-32-24-48-20-22-54-40-58(80(4,5)6)42-56-30-38-70(64)78(48)76(54)56/h11-46H,1-10H3. The van der Waals surface area contributed by atoms with Gasteiger partial charge in [0.05, 0.1) is 0 Å². The first-order chi connectivity index (χ1) is 39.4. The van der Waals surface area contributed by atoms with Crippen LogP contribution in [-0.2, 0) is 21.7 Å². The van der Waals surface area contributed by atoms with Crippen LogP contribution in [-0.4, -0.2) is 0 Å². The Kier molecular flexibility index (Phi) is 10.1. The van der Waals surface area contributed by atoms with E-state index in [0.29, 0.717) is 0 Å². The smallest absolute Gasteiger partial charge is 0.0159 e. The molecule has 0 heterocycles. The van der Waals surface area contributed by atoms with Gasteiger partial charge in [-0.05, 0) is 211 Å². The third-order valence-corrected chi connectivity index (χ3v) is 19.7. The monoisotopic (exact) mass is 1050 g/mol. The average molecular weight is 1050 g/mol. The second-order valence-corrected chi connectivity index (χ2v) is 27.3. The van der Waals surface area contributed by atoms with Crippen LogP contribution in [0.15, 0.2) is 218 Å². The molecule has 0 unspecified atom stereocenters. The summed E-state index contributed by atoms with van der Waals surface area (Å²) >= 11 is 0. The molecule has 0 saturated heterocycles. The number of benzene rings is 14. The van der Waals surface area contributed by atoms with Crippen LogP contribution < -0.4 is 0 Å². The zero-order valence-corrected chi connectivity index (χ0v) is 48.8. The third-order valence-electron chi connectivity index (χ3n) is 19.7. The van der Waals surface area contributed by atoms with Crippen molar-refractivity contribution in [3.8, 4) is 77.9 Å². The minimum Gasteiger partial charge on any atom is -0.0616 e. The second-order valence-electron chi connectivity index (χ2n) is 27.3. The van der Waals surface area contributed by atoms with Crippen LogP contribution in [0.5, 0.6) is 0 Å². The van der Waals surface area contributed by atoms with E-state index in [1.807, 2.05) is 0 Å². The molecule has 0 radical (unpaired) electrons. The molecular formula is C82H66. The van der Waals surface area contributed by atoms with E-state index < -0.39 is 0 Å². The fourth-order valence-corrected chi connectivity index (χ4v) is 15.1. The Morgan fingerprint density at radius 1 is 0.232 bits per heavy atom. The molecule has 0 aromatic heterocycles. The third kappa shape index (κ3) is 7.03. The molecule has 0 saturated carbocycles. The van der Waals surface area contributed by atoms with Gasteiger partial charge in [0.25, 0.3) is 0 Å². The van der Waals surface area contributed by atoms with Gasteiger partial charge in [0.15, 0.2) is 0 Å². The van der Waals surface area contributed by atoms with Crippen LogP contribution in [0, 0.1) is 0 Å². The van der Waals surface area contributed by atoms with Crippen molar-refractivity contribution >= 4 is 64.6 Å². The summed E-state index contributed by atoms with van der Waals surface area (Å²) < 4.78 is 0. The van der Waals surface area contributed by atoms with E-state index in [4.69, 9.17) is 0 Å². The van der Waals surface area contributed by atoms with Gasteiger partial charge in [0.1, 0.15) is 0 Å². The largest absolute Gasteiger partial charge is 0.0616 e. The molecule has 0 heteroatoms. The first kappa shape index (κ1) is 49.0. The highest BCUT2D eigenvalue weighted by molar-refractivity contribution is 6.27. The van der Waals surface area contributed by atoms with Gasteiger partial charge in [-0.2, -0.15) is 0 Å². The van der Waals surface area contributed by atoms with E-state index in [9.17, 15) is 0 Å². The van der Waals surface area contributed by atoms with Gasteiger partial charge in [0, 0.05) is 10.8 Å². The fourth-order valence-electron chi connectivity index (χ4n) is 15.1. The van der Waals surface area contributed by atoms with Crippen molar-refractivity contribution in [2.75, 3.05) is 0 Å². The summed E-state index contributed by atoms with van der Waals surface area (Å²) in [5.74, 6) is 0. The summed E-state index contributed by atoms with van der Waals surface area (Å²) in [5.41, 5.74) is 26.1. The SMILES string of the molecule is CC(C)(C)c1cc2ccc3ccc(-c4ccccc4-c4ccc5c(c4)C(C)(C)c4cc(-c6ccc7c(c6)C(C)(C)c6cc(-c8ccccc8-c8ccc9ccc%10cc(C(C)(C)C)cc%11ccc8c9c%10%11)ccc6-7)ccc4-5)c4ccc(c1)c2c34. The molecule has 394 valence electrons. The second kappa shape index (κ2) is 16.9. The first-order valence-corrected chi connectivity index (χ1v) is 29.6. The Morgan fingerprint density at radius 2 is 0.512 bits per heavy atom. The Labute approximate surface area is 482 Å². The summed E-state index contributed by atoms with van der Waals surface area (Å²) in [4.78, 5) is 0. The van der Waals surface area contributed by atoms with E-state index in [1.165, 1.54) is 176 Å². The van der Waals surface area contributed by atoms with Crippen molar-refractivity contribution < 1.29 is 0 Å². The predicted molar refractivity (Wildman–Crippen MR) is 354 cm³/mol. The summed E-state index contributed by atoms with van der Waals surface area (Å²) in [6.07, 6.45) is 0. The fraction of sp³-hybridized carbons (Fsp3) is 0.171. The van der Waals surface area contributed by atoms with E-state index in [1.54, 1.807) is 0 Å². The van der Waals surface area contributed by atoms with Gasteiger partial charge in [-0.3, -0.25) is 0 Å². The van der Waals surface area contributed by atoms with Gasteiger partial charge >= 0.3 is 0 Å². The quantitative estimate of drug-likeness (QED) is 0.151. The van der Waals surface area contributed by atoms with Crippen LogP contribution in [0.4, 0.5) is 0 Å². The Balaban J connectivity index is 0.723. The molecule has 0 bridgehead atoms. The maximum atomic E-state index is 2.49. The molecule has 0 N–H and O–H groups in total. The average Bonchev–Trinajstić information content (AvgIpc) is 2.18. The normalized spacial score (nSPS) is 14.4. The van der Waals surface area contributed by atoms with E-state index in [-0.39, 0.29) is 21.7 Å². The number of hydrogen-bond donors (Lipinski definition) is 0. The number of fused-ring (bicyclic) bond motifs is 6. The molecule has 0 spiro atoms. The lowest BCUT2D eigenvalue weighted by Crippen LogP contribution is -2.15. The molecule has 16 rings (SSSR count). The molecule has 0 fully saturated rings. The molecule has 0 amide bonds. The van der Waals surface area contributed by atoms with Crippen molar-refractivity contribution in [1.82, 2.24) is 0 Å². The lowest BCUT2D eigenvalue weighted by atomic mass is 9.79. The summed E-state index contributed by atoms with van der Waals surface area (Å²) in [6.45, 7) is 23.6. The molecule has 82 heavy (non-hydrogen) atoms. The molecule has 0 nitrogen and oxygen atoms in total. The molecule has 0 aliphatic heterocycles. The lowest BCUT2D eigenvalue weighted by Gasteiger charge is -2.24. The van der Waals surface area contributed by atoms with E-state index in [2.05, 4.69) is 288 Å². The van der Waals surface area contributed by atoms with Crippen LogP contribution in [0.2, 0.25) is 0 Å². The molecule has 14 aromatic carbocycles. The summed E-state index contributed by atoms with van der Waals surface area (Å²) in [5, 5.41) is 15.9. The summed E-state index contributed by atoms with van der Waals surface area (Å²) in [7, 11) is 0. The van der Waals surface area contributed by atoms with Crippen LogP contribution in [0.3, 0.4) is 0 Å².